The van der Waals surface area contributed by atoms with Gasteiger partial charge in [-0.2, -0.15) is 0 Å². The molecule has 7 nitrogen and oxygen atoms in total. The van der Waals surface area contributed by atoms with Gasteiger partial charge in [0.1, 0.15) is 0 Å². The van der Waals surface area contributed by atoms with Crippen LogP contribution in [0.25, 0.3) is 0 Å². The fourth-order valence-electron chi connectivity index (χ4n) is 2.72. The second-order valence-corrected chi connectivity index (χ2v) is 10.9. The highest BCUT2D eigenvalue weighted by molar-refractivity contribution is 7.92. The third-order valence-electron chi connectivity index (χ3n) is 4.47. The highest BCUT2D eigenvalue weighted by atomic mass is 32.2. The number of para-hydroxylation sites is 1. The fourth-order valence-corrected chi connectivity index (χ4v) is 4.61. The van der Waals surface area contributed by atoms with Crippen molar-refractivity contribution < 1.29 is 21.6 Å². The van der Waals surface area contributed by atoms with Gasteiger partial charge in [0.25, 0.3) is 5.91 Å². The number of amides is 1. The average molecular weight is 439 g/mol. The van der Waals surface area contributed by atoms with Crippen LogP contribution in [0.4, 0.5) is 11.4 Å². The number of benzene rings is 2. The molecule has 0 saturated heterocycles. The zero-order chi connectivity index (χ0) is 21.7. The highest BCUT2D eigenvalue weighted by Gasteiger charge is 2.20. The first-order valence-electron chi connectivity index (χ1n) is 9.23. The van der Waals surface area contributed by atoms with Crippen molar-refractivity contribution in [2.75, 3.05) is 28.7 Å². The van der Waals surface area contributed by atoms with E-state index in [0.717, 1.165) is 23.4 Å². The molecule has 0 spiro atoms. The van der Waals surface area contributed by atoms with Crippen molar-refractivity contribution in [3.8, 4) is 0 Å². The Labute approximate surface area is 172 Å². The maximum absolute atomic E-state index is 12.7. The van der Waals surface area contributed by atoms with Crippen LogP contribution >= 0.6 is 0 Å². The van der Waals surface area contributed by atoms with Crippen LogP contribution in [0.15, 0.2) is 53.4 Å². The smallest absolute Gasteiger partial charge is 0.257 e. The number of rotatable bonds is 9. The number of hydrogen-bond donors (Lipinski definition) is 1. The molecule has 0 bridgehead atoms. The summed E-state index contributed by atoms with van der Waals surface area (Å²) < 4.78 is 49.3. The van der Waals surface area contributed by atoms with E-state index in [4.69, 9.17) is 0 Å². The monoisotopic (exact) mass is 438 g/mol. The molecule has 2 rings (SSSR count). The standard InChI is InChI=1S/C20H26N2O5S2/c1-4-5-8-15-29(26,27)17-13-11-16(12-14-17)21-20(23)18-9-6-7-10-19(18)22(2)28(3,24)25/h6-7,9-14H,4-5,8,15H2,1-3H3,(H,21,23). The number of sulfonamides is 1. The molecule has 2 aromatic rings. The predicted octanol–water partition coefficient (Wildman–Crippen LogP) is 3.30. The van der Waals surface area contributed by atoms with Crippen molar-refractivity contribution in [1.29, 1.82) is 0 Å². The Morgan fingerprint density at radius 3 is 2.17 bits per heavy atom. The molecule has 0 saturated carbocycles. The normalized spacial score (nSPS) is 11.8. The minimum absolute atomic E-state index is 0.0950. The van der Waals surface area contributed by atoms with E-state index < -0.39 is 25.8 Å². The van der Waals surface area contributed by atoms with Gasteiger partial charge in [-0.05, 0) is 42.8 Å². The number of carbonyl (C=O) groups excluding carboxylic acids is 1. The molecule has 0 atom stereocenters. The zero-order valence-electron chi connectivity index (χ0n) is 16.8. The Bertz CT molecular complexity index is 1060. The summed E-state index contributed by atoms with van der Waals surface area (Å²) in [6.45, 7) is 2.01. The van der Waals surface area contributed by atoms with Gasteiger partial charge >= 0.3 is 0 Å². The van der Waals surface area contributed by atoms with E-state index in [1.807, 2.05) is 6.92 Å². The van der Waals surface area contributed by atoms with Crippen LogP contribution < -0.4 is 9.62 Å². The lowest BCUT2D eigenvalue weighted by Crippen LogP contribution is -2.27. The summed E-state index contributed by atoms with van der Waals surface area (Å²) in [5.74, 6) is -0.396. The highest BCUT2D eigenvalue weighted by Crippen LogP contribution is 2.23. The van der Waals surface area contributed by atoms with E-state index >= 15 is 0 Å². The first-order chi connectivity index (χ1) is 13.6. The largest absolute Gasteiger partial charge is 0.322 e. The van der Waals surface area contributed by atoms with Gasteiger partial charge in [-0.15, -0.1) is 0 Å². The molecular weight excluding hydrogens is 412 g/mol. The molecular formula is C20H26N2O5S2. The van der Waals surface area contributed by atoms with Gasteiger partial charge in [-0.25, -0.2) is 16.8 Å². The summed E-state index contributed by atoms with van der Waals surface area (Å²) in [5, 5.41) is 2.68. The number of unbranched alkanes of at least 4 members (excludes halogenated alkanes) is 2. The van der Waals surface area contributed by atoms with Crippen LogP contribution in [0.1, 0.15) is 36.5 Å². The van der Waals surface area contributed by atoms with E-state index in [1.165, 1.54) is 37.4 Å². The van der Waals surface area contributed by atoms with Crippen molar-refractivity contribution in [3.63, 3.8) is 0 Å². The predicted molar refractivity (Wildman–Crippen MR) is 116 cm³/mol. The topological polar surface area (TPSA) is 101 Å². The van der Waals surface area contributed by atoms with Gasteiger partial charge in [-0.1, -0.05) is 31.9 Å². The van der Waals surface area contributed by atoms with Crippen LogP contribution in [0.3, 0.4) is 0 Å². The Hall–Kier alpha value is -2.39. The first-order valence-corrected chi connectivity index (χ1v) is 12.7. The molecule has 1 amide bonds. The number of hydrogen-bond acceptors (Lipinski definition) is 5. The first kappa shape index (κ1) is 22.9. The lowest BCUT2D eigenvalue weighted by Gasteiger charge is -2.19. The Kier molecular flexibility index (Phi) is 7.43. The Morgan fingerprint density at radius 1 is 0.966 bits per heavy atom. The van der Waals surface area contributed by atoms with Crippen molar-refractivity contribution in [1.82, 2.24) is 0 Å². The molecule has 0 radical (unpaired) electrons. The quantitative estimate of drug-likeness (QED) is 0.606. The van der Waals surface area contributed by atoms with E-state index in [2.05, 4.69) is 5.32 Å². The SMILES string of the molecule is CCCCCS(=O)(=O)c1ccc(NC(=O)c2ccccc2N(C)S(C)(=O)=O)cc1. The number of sulfone groups is 1. The second-order valence-electron chi connectivity index (χ2n) is 6.75. The summed E-state index contributed by atoms with van der Waals surface area (Å²) in [6.07, 6.45) is 3.47. The molecule has 0 fully saturated rings. The minimum Gasteiger partial charge on any atom is -0.322 e. The van der Waals surface area contributed by atoms with Crippen molar-refractivity contribution in [2.45, 2.75) is 31.1 Å². The van der Waals surface area contributed by atoms with Crippen molar-refractivity contribution in [3.05, 3.63) is 54.1 Å². The molecule has 0 aliphatic heterocycles. The summed E-state index contributed by atoms with van der Waals surface area (Å²) in [7, 11) is -5.51. The lowest BCUT2D eigenvalue weighted by atomic mass is 10.1. The molecule has 0 aliphatic carbocycles. The summed E-state index contributed by atoms with van der Waals surface area (Å²) >= 11 is 0. The van der Waals surface area contributed by atoms with Crippen LogP contribution in [-0.2, 0) is 19.9 Å². The molecule has 0 unspecified atom stereocenters. The van der Waals surface area contributed by atoms with Gasteiger partial charge < -0.3 is 5.32 Å². The van der Waals surface area contributed by atoms with Gasteiger partial charge in [-0.3, -0.25) is 9.10 Å². The number of nitrogens with one attached hydrogen (secondary N) is 1. The zero-order valence-corrected chi connectivity index (χ0v) is 18.4. The molecule has 1 N–H and O–H groups in total. The van der Waals surface area contributed by atoms with Gasteiger partial charge in [0.15, 0.2) is 9.84 Å². The minimum atomic E-state index is -3.53. The number of nitrogens with zero attached hydrogens (tertiary/aromatic N) is 1. The fraction of sp³-hybridized carbons (Fsp3) is 0.350. The summed E-state index contributed by atoms with van der Waals surface area (Å²) in [4.78, 5) is 12.9. The van der Waals surface area contributed by atoms with Crippen LogP contribution in [0.5, 0.6) is 0 Å². The summed E-state index contributed by atoms with van der Waals surface area (Å²) in [5.41, 5.74) is 0.860. The Morgan fingerprint density at radius 2 is 1.59 bits per heavy atom. The molecule has 0 aliphatic rings. The maximum Gasteiger partial charge on any atom is 0.257 e. The van der Waals surface area contributed by atoms with E-state index in [-0.39, 0.29) is 21.9 Å². The summed E-state index contributed by atoms with van der Waals surface area (Å²) in [6, 6.07) is 12.3. The van der Waals surface area contributed by atoms with Crippen molar-refractivity contribution in [2.24, 2.45) is 0 Å². The molecule has 158 valence electrons. The molecule has 0 aromatic heterocycles. The number of carbonyl (C=O) groups is 1. The van der Waals surface area contributed by atoms with E-state index in [1.54, 1.807) is 18.2 Å². The molecule has 2 aromatic carbocycles. The average Bonchev–Trinajstić information content (AvgIpc) is 2.67. The van der Waals surface area contributed by atoms with Crippen molar-refractivity contribution >= 4 is 37.1 Å². The second kappa shape index (κ2) is 9.41. The maximum atomic E-state index is 12.7. The molecule has 29 heavy (non-hydrogen) atoms. The van der Waals surface area contributed by atoms with E-state index in [0.29, 0.717) is 12.1 Å². The van der Waals surface area contributed by atoms with Crippen LogP contribution in [-0.4, -0.2) is 41.8 Å². The van der Waals surface area contributed by atoms with Crippen LogP contribution in [0.2, 0.25) is 0 Å². The Balaban J connectivity index is 2.19. The van der Waals surface area contributed by atoms with Gasteiger partial charge in [0, 0.05) is 12.7 Å². The number of anilines is 2. The van der Waals surface area contributed by atoms with Gasteiger partial charge in [0.2, 0.25) is 10.0 Å². The third kappa shape index (κ3) is 6.04. The molecule has 0 heterocycles. The molecule has 9 heteroatoms. The third-order valence-corrected chi connectivity index (χ3v) is 7.48. The lowest BCUT2D eigenvalue weighted by molar-refractivity contribution is 0.102. The van der Waals surface area contributed by atoms with E-state index in [9.17, 15) is 21.6 Å². The van der Waals surface area contributed by atoms with Gasteiger partial charge in [0.05, 0.1) is 28.2 Å². The van der Waals surface area contributed by atoms with Crippen LogP contribution in [0, 0.1) is 0 Å².